The normalized spacial score (nSPS) is 18.3. The fourth-order valence-corrected chi connectivity index (χ4v) is 5.99. The van der Waals surface area contributed by atoms with Crippen LogP contribution in [0.5, 0.6) is 0 Å². The molecule has 1 saturated heterocycles. The van der Waals surface area contributed by atoms with Gasteiger partial charge in [-0.15, -0.1) is 0 Å². The monoisotopic (exact) mass is 556 g/mol. The predicted molar refractivity (Wildman–Crippen MR) is 127 cm³/mol. The quantitative estimate of drug-likeness (QED) is 0.189. The zero-order chi connectivity index (χ0) is 27.4. The number of ether oxygens (including phenoxy) is 1. The smallest absolute Gasteiger partial charge is 0.325 e. The van der Waals surface area contributed by atoms with E-state index in [0.717, 1.165) is 12.1 Å². The fourth-order valence-electron chi connectivity index (χ4n) is 3.69. The van der Waals surface area contributed by atoms with Crippen LogP contribution in [0.2, 0.25) is 0 Å². The third-order valence-electron chi connectivity index (χ3n) is 5.49. The van der Waals surface area contributed by atoms with Gasteiger partial charge in [-0.3, -0.25) is 19.7 Å². The summed E-state index contributed by atoms with van der Waals surface area (Å²) in [5.41, 5.74) is 0.0233. The number of para-hydroxylation sites is 1. The Morgan fingerprint density at radius 1 is 1.14 bits per heavy atom. The molecule has 37 heavy (non-hydrogen) atoms. The number of aliphatic hydroxyl groups excluding tert-OH is 1. The minimum absolute atomic E-state index is 0.0536. The standard InChI is InChI=1S/C21H24N4O10S2/c22-36(31,32)16-7-5-14(6-8-16)9-10-23-20(27)13-35-21(28)18-11-15(26)12-24(18)37(33,34)19-4-2-1-3-17(19)25(29)30/h1-8,15,18,26H,9-13H2,(H,23,27)(H2,22,31,32)/t15-,18+/m0/s1. The molecule has 0 spiro atoms. The van der Waals surface area contributed by atoms with Gasteiger partial charge in [0.15, 0.2) is 11.5 Å². The van der Waals surface area contributed by atoms with Gasteiger partial charge < -0.3 is 15.2 Å². The van der Waals surface area contributed by atoms with Crippen molar-refractivity contribution in [2.24, 2.45) is 5.14 Å². The van der Waals surface area contributed by atoms with Gasteiger partial charge in [0, 0.05) is 25.6 Å². The molecular weight excluding hydrogens is 532 g/mol. The second-order valence-corrected chi connectivity index (χ2v) is 11.5. The summed E-state index contributed by atoms with van der Waals surface area (Å²) >= 11 is 0. The number of nitrogens with zero attached hydrogens (tertiary/aromatic N) is 2. The molecule has 2 atom stereocenters. The second kappa shape index (κ2) is 11.3. The van der Waals surface area contributed by atoms with Crippen molar-refractivity contribution in [2.75, 3.05) is 19.7 Å². The maximum absolute atomic E-state index is 13.1. The number of nitro benzene ring substituents is 1. The van der Waals surface area contributed by atoms with Crippen LogP contribution in [0, 0.1) is 10.1 Å². The van der Waals surface area contributed by atoms with Crippen molar-refractivity contribution in [1.29, 1.82) is 0 Å². The van der Waals surface area contributed by atoms with E-state index in [1.54, 1.807) is 0 Å². The highest BCUT2D eigenvalue weighted by Gasteiger charge is 2.46. The number of aliphatic hydroxyl groups is 1. The van der Waals surface area contributed by atoms with Crippen LogP contribution < -0.4 is 10.5 Å². The number of sulfonamides is 2. The minimum Gasteiger partial charge on any atom is -0.454 e. The lowest BCUT2D eigenvalue weighted by Gasteiger charge is -2.22. The first-order chi connectivity index (χ1) is 17.3. The molecule has 1 aliphatic rings. The zero-order valence-electron chi connectivity index (χ0n) is 19.2. The number of nitrogens with two attached hydrogens (primary N) is 1. The number of rotatable bonds is 10. The van der Waals surface area contributed by atoms with Crippen LogP contribution >= 0.6 is 0 Å². The fraction of sp³-hybridized carbons (Fsp3) is 0.333. The van der Waals surface area contributed by atoms with Gasteiger partial charge in [0.2, 0.25) is 10.0 Å². The van der Waals surface area contributed by atoms with Gasteiger partial charge >= 0.3 is 5.97 Å². The first kappa shape index (κ1) is 28.1. The third-order valence-corrected chi connectivity index (χ3v) is 8.34. The van der Waals surface area contributed by atoms with Crippen molar-refractivity contribution in [1.82, 2.24) is 9.62 Å². The zero-order valence-corrected chi connectivity index (χ0v) is 20.9. The van der Waals surface area contributed by atoms with E-state index in [0.29, 0.717) is 16.3 Å². The van der Waals surface area contributed by atoms with Crippen LogP contribution in [0.1, 0.15) is 12.0 Å². The summed E-state index contributed by atoms with van der Waals surface area (Å²) < 4.78 is 54.3. The Labute approximate surface area is 212 Å². The lowest BCUT2D eigenvalue weighted by molar-refractivity contribution is -0.387. The molecule has 2 aromatic rings. The van der Waals surface area contributed by atoms with E-state index < -0.39 is 72.7 Å². The molecule has 1 aliphatic heterocycles. The summed E-state index contributed by atoms with van der Waals surface area (Å²) in [5.74, 6) is -1.77. The lowest BCUT2D eigenvalue weighted by Crippen LogP contribution is -2.42. The molecule has 200 valence electrons. The summed E-state index contributed by atoms with van der Waals surface area (Å²) in [6.45, 7) is -1.08. The number of carbonyl (C=O) groups is 2. The Bertz CT molecular complexity index is 1390. The number of hydrogen-bond acceptors (Lipinski definition) is 10. The summed E-state index contributed by atoms with van der Waals surface area (Å²) in [7, 11) is -8.37. The van der Waals surface area contributed by atoms with Crippen LogP contribution in [0.4, 0.5) is 5.69 Å². The van der Waals surface area contributed by atoms with E-state index >= 15 is 0 Å². The van der Waals surface area contributed by atoms with Gasteiger partial charge in [0.25, 0.3) is 21.6 Å². The van der Waals surface area contributed by atoms with Crippen molar-refractivity contribution >= 4 is 37.6 Å². The van der Waals surface area contributed by atoms with Crippen LogP contribution in [0.25, 0.3) is 0 Å². The van der Waals surface area contributed by atoms with E-state index in [2.05, 4.69) is 5.32 Å². The van der Waals surface area contributed by atoms with Gasteiger partial charge in [-0.25, -0.2) is 22.0 Å². The molecule has 0 bridgehead atoms. The third kappa shape index (κ3) is 6.86. The van der Waals surface area contributed by atoms with E-state index in [9.17, 15) is 41.6 Å². The molecule has 1 fully saturated rings. The highest BCUT2D eigenvalue weighted by Crippen LogP contribution is 2.31. The number of nitro groups is 1. The molecule has 0 saturated carbocycles. The van der Waals surface area contributed by atoms with Crippen LogP contribution in [0.3, 0.4) is 0 Å². The minimum atomic E-state index is -4.55. The molecule has 1 heterocycles. The molecule has 0 radical (unpaired) electrons. The van der Waals surface area contributed by atoms with Gasteiger partial charge in [0.05, 0.1) is 15.9 Å². The van der Waals surface area contributed by atoms with Crippen LogP contribution in [0.15, 0.2) is 58.3 Å². The average molecular weight is 557 g/mol. The number of hydrogen-bond donors (Lipinski definition) is 3. The number of carbonyl (C=O) groups excluding carboxylic acids is 2. The topological polar surface area (TPSA) is 216 Å². The van der Waals surface area contributed by atoms with Gasteiger partial charge in [0.1, 0.15) is 6.04 Å². The first-order valence-electron chi connectivity index (χ1n) is 10.8. The Morgan fingerprint density at radius 2 is 1.78 bits per heavy atom. The van der Waals surface area contributed by atoms with E-state index in [-0.39, 0.29) is 17.9 Å². The van der Waals surface area contributed by atoms with Crippen LogP contribution in [-0.4, -0.2) is 74.9 Å². The van der Waals surface area contributed by atoms with Crippen molar-refractivity contribution in [2.45, 2.75) is 34.8 Å². The number of primary sulfonamides is 1. The van der Waals surface area contributed by atoms with Crippen molar-refractivity contribution in [3.05, 3.63) is 64.2 Å². The largest absolute Gasteiger partial charge is 0.454 e. The molecule has 2 aromatic carbocycles. The molecular formula is C21H24N4O10S2. The number of benzene rings is 2. The number of nitrogens with one attached hydrogen (secondary N) is 1. The number of esters is 1. The Morgan fingerprint density at radius 3 is 2.41 bits per heavy atom. The van der Waals surface area contributed by atoms with E-state index in [1.165, 1.54) is 36.4 Å². The molecule has 1 amide bonds. The predicted octanol–water partition coefficient (Wildman–Crippen LogP) is -0.732. The Kier molecular flexibility index (Phi) is 8.60. The highest BCUT2D eigenvalue weighted by molar-refractivity contribution is 7.89. The van der Waals surface area contributed by atoms with Crippen molar-refractivity contribution in [3.63, 3.8) is 0 Å². The van der Waals surface area contributed by atoms with Gasteiger partial charge in [-0.2, -0.15) is 4.31 Å². The summed E-state index contributed by atoms with van der Waals surface area (Å²) in [5, 5.41) is 28.8. The second-order valence-electron chi connectivity index (χ2n) is 8.10. The van der Waals surface area contributed by atoms with E-state index in [4.69, 9.17) is 9.88 Å². The summed E-state index contributed by atoms with van der Waals surface area (Å²) in [6, 6.07) is 8.85. The lowest BCUT2D eigenvalue weighted by atomic mass is 10.1. The maximum Gasteiger partial charge on any atom is 0.325 e. The summed E-state index contributed by atoms with van der Waals surface area (Å²) in [6.07, 6.45) is -1.19. The molecule has 3 rings (SSSR count). The highest BCUT2D eigenvalue weighted by atomic mass is 32.2. The molecule has 0 aliphatic carbocycles. The van der Waals surface area contributed by atoms with Gasteiger partial charge in [-0.05, 0) is 30.2 Å². The Hall–Kier alpha value is -3.44. The van der Waals surface area contributed by atoms with Crippen LogP contribution in [-0.2, 0) is 40.8 Å². The average Bonchev–Trinajstić information content (AvgIpc) is 3.25. The molecule has 4 N–H and O–H groups in total. The van der Waals surface area contributed by atoms with Gasteiger partial charge in [-0.1, -0.05) is 24.3 Å². The van der Waals surface area contributed by atoms with E-state index in [1.807, 2.05) is 0 Å². The van der Waals surface area contributed by atoms with Crippen molar-refractivity contribution < 1.29 is 41.2 Å². The molecule has 0 aromatic heterocycles. The SMILES string of the molecule is NS(=O)(=O)c1ccc(CCNC(=O)COC(=O)[C@H]2C[C@H](O)CN2S(=O)(=O)c2ccccc2[N+](=O)[O-])cc1. The maximum atomic E-state index is 13.1. The number of amides is 1. The molecule has 16 heteroatoms. The summed E-state index contributed by atoms with van der Waals surface area (Å²) in [4.78, 5) is 34.4. The van der Waals surface area contributed by atoms with Crippen molar-refractivity contribution in [3.8, 4) is 0 Å². The molecule has 0 unspecified atom stereocenters. The first-order valence-corrected chi connectivity index (χ1v) is 13.8. The Balaban J connectivity index is 1.57. The molecule has 14 nitrogen and oxygen atoms in total. The number of β-amino-alcohol motifs (C(OH)–C–C–N with tert-alkyl or cyclic N) is 1.